The Bertz CT molecular complexity index is 430. The third-order valence-electron chi connectivity index (χ3n) is 2.46. The van der Waals surface area contributed by atoms with Crippen molar-refractivity contribution in [1.29, 1.82) is 0 Å². The molecule has 0 unspecified atom stereocenters. The Morgan fingerprint density at radius 1 is 1.33 bits per heavy atom. The van der Waals surface area contributed by atoms with Gasteiger partial charge in [0.25, 0.3) is 0 Å². The van der Waals surface area contributed by atoms with Crippen molar-refractivity contribution < 1.29 is 18.3 Å². The van der Waals surface area contributed by atoms with Gasteiger partial charge in [-0.1, -0.05) is 13.3 Å². The highest BCUT2D eigenvalue weighted by Crippen LogP contribution is 2.15. The summed E-state index contributed by atoms with van der Waals surface area (Å²) in [6, 6.07) is 2.35. The second kappa shape index (κ2) is 6.89. The molecule has 18 heavy (non-hydrogen) atoms. The van der Waals surface area contributed by atoms with Gasteiger partial charge in [0.1, 0.15) is 11.6 Å². The maximum Gasteiger partial charge on any atom is 0.330 e. The third kappa shape index (κ3) is 4.28. The van der Waals surface area contributed by atoms with E-state index in [2.05, 4.69) is 0 Å². The van der Waals surface area contributed by atoms with E-state index in [1.54, 1.807) is 0 Å². The van der Waals surface area contributed by atoms with Crippen LogP contribution in [0.2, 0.25) is 0 Å². The molecule has 0 fully saturated rings. The molecule has 0 aliphatic carbocycles. The van der Waals surface area contributed by atoms with Gasteiger partial charge in [0, 0.05) is 11.6 Å². The third-order valence-corrected chi connectivity index (χ3v) is 2.46. The summed E-state index contributed by atoms with van der Waals surface area (Å²) in [4.78, 5) is 11.2. The Hall–Kier alpha value is -1.71. The molecule has 1 rings (SSSR count). The molecule has 98 valence electrons. The summed E-state index contributed by atoms with van der Waals surface area (Å²) in [5.41, 5.74) is 0.265. The minimum Gasteiger partial charge on any atom is -0.463 e. The van der Waals surface area contributed by atoms with Crippen LogP contribution in [0.15, 0.2) is 18.2 Å². The maximum absolute atomic E-state index is 13.2. The van der Waals surface area contributed by atoms with E-state index < -0.39 is 17.6 Å². The minimum atomic E-state index is -0.631. The smallest absolute Gasteiger partial charge is 0.330 e. The monoisotopic (exact) mass is 254 g/mol. The highest BCUT2D eigenvalue weighted by molar-refractivity contribution is 5.87. The molecule has 0 N–H and O–H groups in total. The van der Waals surface area contributed by atoms with Gasteiger partial charge in [-0.25, -0.2) is 13.6 Å². The summed E-state index contributed by atoms with van der Waals surface area (Å²) in [6.07, 6.45) is 4.23. The first-order valence-corrected chi connectivity index (χ1v) is 5.85. The van der Waals surface area contributed by atoms with Gasteiger partial charge in [-0.2, -0.15) is 0 Å². The van der Waals surface area contributed by atoms with Crippen molar-refractivity contribution in [2.75, 3.05) is 6.61 Å². The van der Waals surface area contributed by atoms with Crippen LogP contribution in [0.5, 0.6) is 0 Å². The van der Waals surface area contributed by atoms with E-state index in [9.17, 15) is 13.6 Å². The molecule has 1 aromatic rings. The molecule has 4 heteroatoms. The number of carbonyl (C=O) groups excluding carboxylic acids is 1. The first-order chi connectivity index (χ1) is 8.54. The Morgan fingerprint density at radius 3 is 2.50 bits per heavy atom. The van der Waals surface area contributed by atoms with Crippen LogP contribution in [0, 0.1) is 18.6 Å². The standard InChI is InChI=1S/C14H16F2O2/c1-3-4-7-18-14(17)6-5-11-8-12(15)10(2)13(16)9-11/h5-6,8-9H,3-4,7H2,1-2H3/b6-5+. The molecule has 2 nitrogen and oxygen atoms in total. The Morgan fingerprint density at radius 2 is 1.94 bits per heavy atom. The van der Waals surface area contributed by atoms with Crippen LogP contribution in [0.25, 0.3) is 6.08 Å². The van der Waals surface area contributed by atoms with Crippen LogP contribution in [-0.2, 0) is 9.53 Å². The number of unbranched alkanes of at least 4 members (excludes halogenated alkanes) is 1. The zero-order valence-electron chi connectivity index (χ0n) is 10.5. The van der Waals surface area contributed by atoms with Gasteiger partial charge in [0.05, 0.1) is 6.61 Å². The summed E-state index contributed by atoms with van der Waals surface area (Å²) >= 11 is 0. The van der Waals surface area contributed by atoms with E-state index in [4.69, 9.17) is 4.74 Å². The number of ether oxygens (including phenoxy) is 1. The number of rotatable bonds is 5. The molecule has 0 aliphatic rings. The van der Waals surface area contributed by atoms with E-state index >= 15 is 0 Å². The van der Waals surface area contributed by atoms with Gasteiger partial charge < -0.3 is 4.74 Å². The van der Waals surface area contributed by atoms with Crippen LogP contribution < -0.4 is 0 Å². The molecule has 0 aromatic heterocycles. The van der Waals surface area contributed by atoms with Gasteiger partial charge >= 0.3 is 5.97 Å². The van der Waals surface area contributed by atoms with Crippen LogP contribution in [0.3, 0.4) is 0 Å². The van der Waals surface area contributed by atoms with Crippen molar-refractivity contribution in [1.82, 2.24) is 0 Å². The fourth-order valence-corrected chi connectivity index (χ4v) is 1.29. The fourth-order valence-electron chi connectivity index (χ4n) is 1.29. The van der Waals surface area contributed by atoms with Crippen molar-refractivity contribution >= 4 is 12.0 Å². The zero-order valence-corrected chi connectivity index (χ0v) is 10.5. The van der Waals surface area contributed by atoms with Crippen LogP contribution >= 0.6 is 0 Å². The summed E-state index contributed by atoms with van der Waals surface area (Å²) in [6.45, 7) is 3.70. The molecule has 0 amide bonds. The molecule has 0 bridgehead atoms. The lowest BCUT2D eigenvalue weighted by Gasteiger charge is -2.01. The Balaban J connectivity index is 2.64. The number of hydrogen-bond acceptors (Lipinski definition) is 2. The highest BCUT2D eigenvalue weighted by Gasteiger charge is 2.05. The Kier molecular flexibility index (Phi) is 5.49. The van der Waals surface area contributed by atoms with Crippen LogP contribution in [0.4, 0.5) is 8.78 Å². The fraction of sp³-hybridized carbons (Fsp3) is 0.357. The average Bonchev–Trinajstić information content (AvgIpc) is 2.33. The first-order valence-electron chi connectivity index (χ1n) is 5.85. The molecule has 0 atom stereocenters. The van der Waals surface area contributed by atoms with Crippen molar-refractivity contribution in [2.45, 2.75) is 26.7 Å². The topological polar surface area (TPSA) is 26.3 Å². The van der Waals surface area contributed by atoms with Crippen molar-refractivity contribution in [3.05, 3.63) is 41.0 Å². The van der Waals surface area contributed by atoms with E-state index in [1.807, 2.05) is 6.92 Å². The molecular formula is C14H16F2O2. The van der Waals surface area contributed by atoms with Crippen LogP contribution in [-0.4, -0.2) is 12.6 Å². The summed E-state index contributed by atoms with van der Waals surface area (Å²) in [5.74, 6) is -1.77. The quantitative estimate of drug-likeness (QED) is 0.455. The highest BCUT2D eigenvalue weighted by atomic mass is 19.1. The maximum atomic E-state index is 13.2. The molecule has 1 aromatic carbocycles. The van der Waals surface area contributed by atoms with Gasteiger partial charge in [0.15, 0.2) is 0 Å². The van der Waals surface area contributed by atoms with Gasteiger partial charge in [-0.3, -0.25) is 0 Å². The zero-order chi connectivity index (χ0) is 13.5. The number of benzene rings is 1. The second-order valence-electron chi connectivity index (χ2n) is 3.96. The lowest BCUT2D eigenvalue weighted by atomic mass is 10.1. The van der Waals surface area contributed by atoms with E-state index in [0.29, 0.717) is 12.2 Å². The minimum absolute atomic E-state index is 0.0299. The van der Waals surface area contributed by atoms with Gasteiger partial charge in [0.2, 0.25) is 0 Å². The van der Waals surface area contributed by atoms with Crippen LogP contribution in [0.1, 0.15) is 30.9 Å². The molecule has 0 radical (unpaired) electrons. The summed E-state index contributed by atoms with van der Waals surface area (Å²) in [5, 5.41) is 0. The lowest BCUT2D eigenvalue weighted by Crippen LogP contribution is -2.01. The lowest BCUT2D eigenvalue weighted by molar-refractivity contribution is -0.137. The largest absolute Gasteiger partial charge is 0.463 e. The molecule has 0 saturated carbocycles. The Labute approximate surface area is 105 Å². The second-order valence-corrected chi connectivity index (χ2v) is 3.96. The van der Waals surface area contributed by atoms with E-state index in [0.717, 1.165) is 12.8 Å². The van der Waals surface area contributed by atoms with Gasteiger partial charge in [-0.05, 0) is 37.1 Å². The van der Waals surface area contributed by atoms with E-state index in [-0.39, 0.29) is 5.56 Å². The van der Waals surface area contributed by atoms with E-state index in [1.165, 1.54) is 31.2 Å². The van der Waals surface area contributed by atoms with Crippen molar-refractivity contribution in [2.24, 2.45) is 0 Å². The molecular weight excluding hydrogens is 238 g/mol. The predicted octanol–water partition coefficient (Wildman–Crippen LogP) is 3.63. The SMILES string of the molecule is CCCCOC(=O)/C=C/c1cc(F)c(C)c(F)c1. The van der Waals surface area contributed by atoms with Crippen molar-refractivity contribution in [3.63, 3.8) is 0 Å². The normalized spacial score (nSPS) is 10.9. The number of esters is 1. The molecule has 0 spiro atoms. The summed E-state index contributed by atoms with van der Waals surface area (Å²) < 4.78 is 31.3. The molecule has 0 aliphatic heterocycles. The predicted molar refractivity (Wildman–Crippen MR) is 66.0 cm³/mol. The first kappa shape index (κ1) is 14.4. The number of hydrogen-bond donors (Lipinski definition) is 0. The molecule has 0 heterocycles. The van der Waals surface area contributed by atoms with Gasteiger partial charge in [-0.15, -0.1) is 0 Å². The summed E-state index contributed by atoms with van der Waals surface area (Å²) in [7, 11) is 0. The number of halogens is 2. The van der Waals surface area contributed by atoms with Crippen molar-refractivity contribution in [3.8, 4) is 0 Å². The average molecular weight is 254 g/mol. The number of carbonyl (C=O) groups is 1. The molecule has 0 saturated heterocycles.